The van der Waals surface area contributed by atoms with Gasteiger partial charge in [0.2, 0.25) is 0 Å². The molecule has 0 saturated carbocycles. The quantitative estimate of drug-likeness (QED) is 0.396. The van der Waals surface area contributed by atoms with Crippen molar-refractivity contribution in [3.8, 4) is 17.2 Å². The summed E-state index contributed by atoms with van der Waals surface area (Å²) in [4.78, 5) is 19.8. The van der Waals surface area contributed by atoms with Crippen LogP contribution in [-0.4, -0.2) is 43.8 Å². The van der Waals surface area contributed by atoms with Crippen LogP contribution in [-0.2, 0) is 4.79 Å². The lowest BCUT2D eigenvalue weighted by Gasteiger charge is -2.12. The number of likely N-dealkylation sites (N-methyl/N-ethyl adjacent to an activating group) is 1. The Morgan fingerprint density at radius 1 is 1.10 bits per heavy atom. The van der Waals surface area contributed by atoms with E-state index >= 15 is 0 Å². The van der Waals surface area contributed by atoms with E-state index in [1.54, 1.807) is 26.2 Å². The lowest BCUT2D eigenvalue weighted by atomic mass is 10.2. The minimum Gasteiger partial charge on any atom is -0.497 e. The average molecular weight is 524 g/mol. The molecule has 0 N–H and O–H groups in total. The van der Waals surface area contributed by atoms with Crippen molar-refractivity contribution in [1.82, 2.24) is 4.90 Å². The molecule has 3 rings (SSSR count). The number of thioether (sulfide) groups is 1. The number of benzene rings is 2. The molecule has 1 fully saturated rings. The lowest BCUT2D eigenvalue weighted by Crippen LogP contribution is -2.28. The number of rotatable bonds is 6. The fourth-order valence-electron chi connectivity index (χ4n) is 2.81. The topological polar surface area (TPSA) is 60.4 Å². The van der Waals surface area contributed by atoms with Crippen molar-refractivity contribution in [3.63, 3.8) is 0 Å². The number of aliphatic imine (C=N–C) groups is 1. The summed E-state index contributed by atoms with van der Waals surface area (Å²) in [5.41, 5.74) is 1.63. The van der Waals surface area contributed by atoms with E-state index in [-0.39, 0.29) is 5.91 Å². The maximum atomic E-state index is 12.9. The maximum Gasteiger partial charge on any atom is 0.266 e. The van der Waals surface area contributed by atoms with Gasteiger partial charge in [0.05, 0.1) is 35.5 Å². The van der Waals surface area contributed by atoms with Gasteiger partial charge in [0.25, 0.3) is 5.91 Å². The van der Waals surface area contributed by atoms with Crippen molar-refractivity contribution in [1.29, 1.82) is 0 Å². The zero-order valence-corrected chi connectivity index (χ0v) is 19.5. The van der Waals surface area contributed by atoms with Crippen LogP contribution in [0, 0.1) is 3.57 Å². The Balaban J connectivity index is 1.94. The second-order valence-corrected chi connectivity index (χ2v) is 8.16. The molecule has 1 amide bonds. The zero-order valence-electron chi connectivity index (χ0n) is 16.6. The molecule has 8 heteroatoms. The summed E-state index contributed by atoms with van der Waals surface area (Å²) in [5, 5.41) is 0.657. The smallest absolute Gasteiger partial charge is 0.266 e. The van der Waals surface area contributed by atoms with Crippen molar-refractivity contribution >= 4 is 57.2 Å². The second kappa shape index (κ2) is 9.53. The summed E-state index contributed by atoms with van der Waals surface area (Å²) >= 11 is 3.55. The highest BCUT2D eigenvalue weighted by atomic mass is 127. The first kappa shape index (κ1) is 21.5. The number of nitrogens with zero attached hydrogens (tertiary/aromatic N) is 2. The molecule has 0 bridgehead atoms. The first-order valence-electron chi connectivity index (χ1n) is 8.86. The van der Waals surface area contributed by atoms with Gasteiger partial charge >= 0.3 is 0 Å². The summed E-state index contributed by atoms with van der Waals surface area (Å²) in [7, 11) is 4.83. The van der Waals surface area contributed by atoms with E-state index in [1.807, 2.05) is 49.4 Å². The van der Waals surface area contributed by atoms with Crippen LogP contribution < -0.4 is 14.2 Å². The van der Waals surface area contributed by atoms with Crippen LogP contribution in [0.2, 0.25) is 0 Å². The Morgan fingerprint density at radius 2 is 1.83 bits per heavy atom. The first-order chi connectivity index (χ1) is 14.0. The molecule has 0 radical (unpaired) electrons. The second-order valence-electron chi connectivity index (χ2n) is 5.99. The largest absolute Gasteiger partial charge is 0.497 e. The number of amidine groups is 1. The van der Waals surface area contributed by atoms with Gasteiger partial charge in [0, 0.05) is 6.54 Å². The molecule has 2 aromatic rings. The molecular weight excluding hydrogens is 503 g/mol. The van der Waals surface area contributed by atoms with Crippen LogP contribution in [0.15, 0.2) is 46.3 Å². The highest BCUT2D eigenvalue weighted by Crippen LogP contribution is 2.37. The number of hydrogen-bond acceptors (Lipinski definition) is 6. The van der Waals surface area contributed by atoms with Gasteiger partial charge in [-0.2, -0.15) is 0 Å². The Morgan fingerprint density at radius 3 is 2.41 bits per heavy atom. The maximum absolute atomic E-state index is 12.9. The van der Waals surface area contributed by atoms with E-state index < -0.39 is 0 Å². The van der Waals surface area contributed by atoms with Crippen molar-refractivity contribution in [3.05, 3.63) is 50.4 Å². The Labute approximate surface area is 188 Å². The van der Waals surface area contributed by atoms with Gasteiger partial charge in [-0.05, 0) is 89.3 Å². The lowest BCUT2D eigenvalue weighted by molar-refractivity contribution is -0.122. The minimum absolute atomic E-state index is 0.0606. The normalized spacial score (nSPS) is 16.6. The molecule has 29 heavy (non-hydrogen) atoms. The standard InChI is InChI=1S/C21H21IN2O4S/c1-5-24-20(25)18(12-13-10-16(22)19(28-4)17(11-13)27-3)29-21(24)23-14-6-8-15(26-2)9-7-14/h6-12H,5H2,1-4H3/b18-12+,23-21?. The summed E-state index contributed by atoms with van der Waals surface area (Å²) in [6.45, 7) is 2.48. The van der Waals surface area contributed by atoms with Crippen LogP contribution in [0.1, 0.15) is 12.5 Å². The van der Waals surface area contributed by atoms with E-state index in [4.69, 9.17) is 14.2 Å². The molecule has 0 spiro atoms. The predicted octanol–water partition coefficient (Wildman–Crippen LogP) is 4.94. The van der Waals surface area contributed by atoms with E-state index in [9.17, 15) is 4.79 Å². The van der Waals surface area contributed by atoms with E-state index in [0.29, 0.717) is 28.1 Å². The SMILES string of the molecule is CCN1C(=O)/C(=C\c2cc(I)c(OC)c(OC)c2)SC1=Nc1ccc(OC)cc1. The van der Waals surface area contributed by atoms with Gasteiger partial charge < -0.3 is 14.2 Å². The van der Waals surface area contributed by atoms with E-state index in [2.05, 4.69) is 27.6 Å². The number of carbonyl (C=O) groups excluding carboxylic acids is 1. The summed E-state index contributed by atoms with van der Waals surface area (Å²) in [5.74, 6) is 2.01. The van der Waals surface area contributed by atoms with Crippen LogP contribution >= 0.6 is 34.4 Å². The molecule has 1 heterocycles. The van der Waals surface area contributed by atoms with Crippen LogP contribution in [0.5, 0.6) is 17.2 Å². The van der Waals surface area contributed by atoms with E-state index in [0.717, 1.165) is 20.6 Å². The predicted molar refractivity (Wildman–Crippen MR) is 125 cm³/mol. The van der Waals surface area contributed by atoms with Gasteiger partial charge in [-0.25, -0.2) is 4.99 Å². The summed E-state index contributed by atoms with van der Waals surface area (Å²) in [6.07, 6.45) is 1.86. The number of halogens is 1. The average Bonchev–Trinajstić information content (AvgIpc) is 3.02. The fraction of sp³-hybridized carbons (Fsp3) is 0.238. The minimum atomic E-state index is -0.0606. The van der Waals surface area contributed by atoms with Crippen LogP contribution in [0.4, 0.5) is 5.69 Å². The highest BCUT2D eigenvalue weighted by Gasteiger charge is 2.32. The van der Waals surface area contributed by atoms with Crippen LogP contribution in [0.25, 0.3) is 6.08 Å². The number of hydrogen-bond donors (Lipinski definition) is 0. The molecule has 0 atom stereocenters. The monoisotopic (exact) mass is 524 g/mol. The number of carbonyl (C=O) groups is 1. The van der Waals surface area contributed by atoms with Crippen LogP contribution in [0.3, 0.4) is 0 Å². The van der Waals surface area contributed by atoms with Crippen molar-refractivity contribution in [2.24, 2.45) is 4.99 Å². The van der Waals surface area contributed by atoms with Gasteiger partial charge in [-0.1, -0.05) is 0 Å². The molecule has 1 aliphatic rings. The summed E-state index contributed by atoms with van der Waals surface area (Å²) < 4.78 is 16.9. The molecular formula is C21H21IN2O4S. The van der Waals surface area contributed by atoms with Gasteiger partial charge in [0.15, 0.2) is 16.7 Å². The van der Waals surface area contributed by atoms with Crippen molar-refractivity contribution in [2.75, 3.05) is 27.9 Å². The number of amides is 1. The van der Waals surface area contributed by atoms with Gasteiger partial charge in [0.1, 0.15) is 5.75 Å². The fourth-order valence-corrected chi connectivity index (χ4v) is 4.72. The molecule has 1 saturated heterocycles. The third-order valence-electron chi connectivity index (χ3n) is 4.26. The van der Waals surface area contributed by atoms with Gasteiger partial charge in [-0.3, -0.25) is 9.69 Å². The number of ether oxygens (including phenoxy) is 3. The number of methoxy groups -OCH3 is 3. The van der Waals surface area contributed by atoms with Crippen molar-refractivity contribution in [2.45, 2.75) is 6.92 Å². The third kappa shape index (κ3) is 4.69. The molecule has 6 nitrogen and oxygen atoms in total. The molecule has 152 valence electrons. The Kier molecular flexibility index (Phi) is 7.07. The molecule has 0 aromatic heterocycles. The highest BCUT2D eigenvalue weighted by molar-refractivity contribution is 14.1. The third-order valence-corrected chi connectivity index (χ3v) is 6.06. The van der Waals surface area contributed by atoms with Crippen molar-refractivity contribution < 1.29 is 19.0 Å². The van der Waals surface area contributed by atoms with Gasteiger partial charge in [-0.15, -0.1) is 0 Å². The summed E-state index contributed by atoms with van der Waals surface area (Å²) in [6, 6.07) is 11.2. The van der Waals surface area contributed by atoms with E-state index in [1.165, 1.54) is 11.8 Å². The molecule has 2 aromatic carbocycles. The molecule has 0 aliphatic carbocycles. The molecule has 0 unspecified atom stereocenters. The first-order valence-corrected chi connectivity index (χ1v) is 10.8. The zero-order chi connectivity index (χ0) is 21.0. The Hall–Kier alpha value is -2.20. The Bertz CT molecular complexity index is 973. The molecule has 1 aliphatic heterocycles.